The summed E-state index contributed by atoms with van der Waals surface area (Å²) in [7, 11) is 0. The molecule has 0 aliphatic rings. The second-order valence-corrected chi connectivity index (χ2v) is 4.56. The van der Waals surface area contributed by atoms with Gasteiger partial charge in [-0.05, 0) is 30.9 Å². The van der Waals surface area contributed by atoms with E-state index in [1.54, 1.807) is 13.0 Å². The molecule has 0 saturated heterocycles. The Morgan fingerprint density at radius 3 is 2.40 bits per heavy atom. The molecule has 20 heavy (non-hydrogen) atoms. The normalized spacial score (nSPS) is 10.2. The largest absolute Gasteiger partial charge is 0.508 e. The molecule has 0 aromatic heterocycles. The van der Waals surface area contributed by atoms with Gasteiger partial charge in [0.1, 0.15) is 11.5 Å². The Morgan fingerprint density at radius 2 is 2.05 bits per heavy atom. The molecule has 0 aliphatic heterocycles. The molecule has 1 aromatic rings. The minimum absolute atomic E-state index is 0.327. The van der Waals surface area contributed by atoms with E-state index in [9.17, 15) is 9.90 Å². The van der Waals surface area contributed by atoms with E-state index in [-0.39, 0.29) is 0 Å². The average Bonchev–Trinajstić information content (AvgIpc) is 2.36. The van der Waals surface area contributed by atoms with Gasteiger partial charge in [0.2, 0.25) is 0 Å². The van der Waals surface area contributed by atoms with Crippen LogP contribution in [0.3, 0.4) is 0 Å². The molecule has 0 atom stereocenters. The van der Waals surface area contributed by atoms with E-state index in [1.165, 1.54) is 6.08 Å². The molecule has 4 nitrogen and oxygen atoms in total. The number of aromatic hydroxyl groups is 1. The lowest BCUT2D eigenvalue weighted by Gasteiger charge is -2.10. The van der Waals surface area contributed by atoms with Crippen molar-refractivity contribution in [3.63, 3.8) is 0 Å². The number of phenolic OH excluding ortho intramolecular Hbond substituents is 1. The summed E-state index contributed by atoms with van der Waals surface area (Å²) in [4.78, 5) is 9.51. The lowest BCUT2D eigenvalue weighted by molar-refractivity contribution is -0.131. The van der Waals surface area contributed by atoms with Crippen molar-refractivity contribution in [1.82, 2.24) is 0 Å². The van der Waals surface area contributed by atoms with Gasteiger partial charge in [0.25, 0.3) is 0 Å². The standard InChI is InChI=1S/C12H18O2.C4H6O2/c1-4-7-14-10-5-6-11(9(2)3)12(13)8-10;1-2-3-4(5)6/h5-6,8-9,13H,4,7H2,1-3H3;2-3H,1H3,(H,5,6). The van der Waals surface area contributed by atoms with E-state index in [0.29, 0.717) is 18.3 Å². The summed E-state index contributed by atoms with van der Waals surface area (Å²) in [5.74, 6) is 0.523. The first kappa shape index (κ1) is 18.0. The molecule has 0 saturated carbocycles. The van der Waals surface area contributed by atoms with E-state index in [0.717, 1.165) is 23.8 Å². The van der Waals surface area contributed by atoms with Crippen molar-refractivity contribution in [1.29, 1.82) is 0 Å². The third kappa shape index (κ3) is 7.46. The van der Waals surface area contributed by atoms with Crippen molar-refractivity contribution >= 4 is 5.97 Å². The summed E-state index contributed by atoms with van der Waals surface area (Å²) in [6.45, 7) is 8.53. The molecule has 0 spiro atoms. The van der Waals surface area contributed by atoms with Crippen LogP contribution < -0.4 is 4.74 Å². The highest BCUT2D eigenvalue weighted by Crippen LogP contribution is 2.29. The SMILES string of the molecule is CC=CC(=O)O.CCCOc1ccc(C(C)C)c(O)c1. The monoisotopic (exact) mass is 280 g/mol. The number of carboxylic acids is 1. The highest BCUT2D eigenvalue weighted by Gasteiger charge is 2.06. The van der Waals surface area contributed by atoms with Crippen LogP contribution in [0.5, 0.6) is 11.5 Å². The zero-order chi connectivity index (χ0) is 15.5. The number of aliphatic carboxylic acids is 1. The van der Waals surface area contributed by atoms with E-state index in [1.807, 2.05) is 12.1 Å². The van der Waals surface area contributed by atoms with Crippen LogP contribution >= 0.6 is 0 Å². The van der Waals surface area contributed by atoms with Crippen LogP contribution in [0.25, 0.3) is 0 Å². The maximum Gasteiger partial charge on any atom is 0.327 e. The van der Waals surface area contributed by atoms with E-state index in [4.69, 9.17) is 9.84 Å². The predicted molar refractivity (Wildman–Crippen MR) is 80.4 cm³/mol. The number of hydrogen-bond acceptors (Lipinski definition) is 3. The lowest BCUT2D eigenvalue weighted by Crippen LogP contribution is -1.95. The van der Waals surface area contributed by atoms with Crippen molar-refractivity contribution in [3.8, 4) is 11.5 Å². The molecule has 4 heteroatoms. The van der Waals surface area contributed by atoms with E-state index < -0.39 is 5.97 Å². The maximum absolute atomic E-state index is 9.68. The van der Waals surface area contributed by atoms with Crippen molar-refractivity contribution in [3.05, 3.63) is 35.9 Å². The van der Waals surface area contributed by atoms with Crippen molar-refractivity contribution in [2.75, 3.05) is 6.61 Å². The highest BCUT2D eigenvalue weighted by molar-refractivity contribution is 5.79. The van der Waals surface area contributed by atoms with Crippen LogP contribution in [0.15, 0.2) is 30.4 Å². The molecule has 0 unspecified atom stereocenters. The third-order valence-corrected chi connectivity index (χ3v) is 2.41. The minimum atomic E-state index is -0.891. The second-order valence-electron chi connectivity index (χ2n) is 4.56. The number of carboxylic acid groups (broad SMARTS) is 1. The Balaban J connectivity index is 0.000000511. The van der Waals surface area contributed by atoms with Gasteiger partial charge in [-0.25, -0.2) is 4.79 Å². The molecule has 2 N–H and O–H groups in total. The van der Waals surface area contributed by atoms with Gasteiger partial charge in [-0.15, -0.1) is 0 Å². The molecule has 0 radical (unpaired) electrons. The second kappa shape index (κ2) is 9.89. The van der Waals surface area contributed by atoms with Gasteiger partial charge in [0.15, 0.2) is 0 Å². The van der Waals surface area contributed by atoms with Gasteiger partial charge in [-0.3, -0.25) is 0 Å². The summed E-state index contributed by atoms with van der Waals surface area (Å²) in [6, 6.07) is 5.51. The van der Waals surface area contributed by atoms with Crippen LogP contribution in [0.2, 0.25) is 0 Å². The number of hydrogen-bond donors (Lipinski definition) is 2. The topological polar surface area (TPSA) is 66.8 Å². The van der Waals surface area contributed by atoms with Crippen LogP contribution in [-0.2, 0) is 4.79 Å². The van der Waals surface area contributed by atoms with Crippen LogP contribution in [0.1, 0.15) is 45.6 Å². The Labute approximate surface area is 120 Å². The van der Waals surface area contributed by atoms with Gasteiger partial charge in [-0.1, -0.05) is 32.9 Å². The van der Waals surface area contributed by atoms with Gasteiger partial charge in [0, 0.05) is 12.1 Å². The summed E-state index contributed by atoms with van der Waals surface area (Å²) >= 11 is 0. The summed E-state index contributed by atoms with van der Waals surface area (Å²) in [6.07, 6.45) is 3.54. The van der Waals surface area contributed by atoms with Gasteiger partial charge in [0.05, 0.1) is 6.61 Å². The fourth-order valence-corrected chi connectivity index (χ4v) is 1.46. The molecular formula is C16H24O4. The summed E-state index contributed by atoms with van der Waals surface area (Å²) in [5.41, 5.74) is 0.967. The predicted octanol–water partition coefficient (Wildman–Crippen LogP) is 3.95. The smallest absolute Gasteiger partial charge is 0.327 e. The third-order valence-electron chi connectivity index (χ3n) is 2.41. The van der Waals surface area contributed by atoms with Gasteiger partial charge < -0.3 is 14.9 Å². The zero-order valence-corrected chi connectivity index (χ0v) is 12.6. The highest BCUT2D eigenvalue weighted by atomic mass is 16.5. The maximum atomic E-state index is 9.68. The molecule has 0 fully saturated rings. The Morgan fingerprint density at radius 1 is 1.40 bits per heavy atom. The number of ether oxygens (including phenoxy) is 1. The van der Waals surface area contributed by atoms with Crippen LogP contribution in [0, 0.1) is 0 Å². The minimum Gasteiger partial charge on any atom is -0.508 e. The van der Waals surface area contributed by atoms with Crippen molar-refractivity contribution in [2.24, 2.45) is 0 Å². The molecule has 112 valence electrons. The quantitative estimate of drug-likeness (QED) is 0.801. The molecule has 1 aromatic carbocycles. The number of benzene rings is 1. The first-order valence-electron chi connectivity index (χ1n) is 6.73. The van der Waals surface area contributed by atoms with Gasteiger partial charge >= 0.3 is 5.97 Å². The fraction of sp³-hybridized carbons (Fsp3) is 0.438. The number of carbonyl (C=O) groups is 1. The first-order chi connectivity index (χ1) is 9.42. The Kier molecular flexibility index (Phi) is 8.92. The van der Waals surface area contributed by atoms with Crippen LogP contribution in [0.4, 0.5) is 0 Å². The molecular weight excluding hydrogens is 256 g/mol. The molecule has 1 rings (SSSR count). The molecule has 0 aliphatic carbocycles. The summed E-state index contributed by atoms with van der Waals surface area (Å²) in [5, 5.41) is 17.5. The van der Waals surface area contributed by atoms with Crippen molar-refractivity contribution < 1.29 is 19.7 Å². The Hall–Kier alpha value is -1.97. The lowest BCUT2D eigenvalue weighted by atomic mass is 10.0. The number of rotatable bonds is 5. The van der Waals surface area contributed by atoms with Gasteiger partial charge in [-0.2, -0.15) is 0 Å². The average molecular weight is 280 g/mol. The number of allylic oxidation sites excluding steroid dienone is 1. The first-order valence-corrected chi connectivity index (χ1v) is 6.73. The molecule has 0 bridgehead atoms. The van der Waals surface area contributed by atoms with E-state index in [2.05, 4.69) is 20.8 Å². The zero-order valence-electron chi connectivity index (χ0n) is 12.6. The number of phenols is 1. The van der Waals surface area contributed by atoms with E-state index >= 15 is 0 Å². The Bertz CT molecular complexity index is 436. The summed E-state index contributed by atoms with van der Waals surface area (Å²) < 4.78 is 5.41. The van der Waals surface area contributed by atoms with Crippen molar-refractivity contribution in [2.45, 2.75) is 40.0 Å². The molecule has 0 amide bonds. The molecule has 0 heterocycles. The fourth-order valence-electron chi connectivity index (χ4n) is 1.46. The van der Waals surface area contributed by atoms with Crippen LogP contribution in [-0.4, -0.2) is 22.8 Å².